The number of carbonyl (C=O) groups is 1. The van der Waals surface area contributed by atoms with E-state index in [1.807, 2.05) is 50.2 Å². The van der Waals surface area contributed by atoms with E-state index in [1.54, 1.807) is 12.4 Å². The molecule has 2 saturated heterocycles. The lowest BCUT2D eigenvalue weighted by atomic mass is 9.90. The number of rotatable bonds is 5. The third-order valence-electron chi connectivity index (χ3n) is 6.22. The third kappa shape index (κ3) is 3.34. The van der Waals surface area contributed by atoms with Gasteiger partial charge in [0, 0.05) is 29.8 Å². The number of nitrogens with zero attached hydrogens (tertiary/aromatic N) is 5. The number of benzene rings is 1. The Labute approximate surface area is 175 Å². The van der Waals surface area contributed by atoms with Crippen LogP contribution in [0, 0.1) is 19.8 Å². The third-order valence-corrected chi connectivity index (χ3v) is 6.22. The summed E-state index contributed by atoms with van der Waals surface area (Å²) in [6.45, 7) is 4.54. The van der Waals surface area contributed by atoms with E-state index in [-0.39, 0.29) is 18.0 Å². The average molecular weight is 403 g/mol. The van der Waals surface area contributed by atoms with Crippen molar-refractivity contribution < 1.29 is 9.53 Å². The molecule has 3 aromatic rings. The van der Waals surface area contributed by atoms with Gasteiger partial charge in [0.25, 0.3) is 5.91 Å². The van der Waals surface area contributed by atoms with Gasteiger partial charge >= 0.3 is 0 Å². The molecule has 3 atom stereocenters. The number of fused-ring (bicyclic) bond motifs is 2. The van der Waals surface area contributed by atoms with Gasteiger partial charge in [0.05, 0.1) is 30.3 Å². The molecular weight excluding hydrogens is 378 g/mol. The number of carbonyl (C=O) groups excluding carboxylic acids is 1. The van der Waals surface area contributed by atoms with Gasteiger partial charge in [-0.25, -0.2) is 4.98 Å². The molecule has 30 heavy (non-hydrogen) atoms. The monoisotopic (exact) mass is 403 g/mol. The van der Waals surface area contributed by atoms with E-state index >= 15 is 0 Å². The minimum Gasteiger partial charge on any atom is -0.477 e. The van der Waals surface area contributed by atoms with Crippen LogP contribution in [0.15, 0.2) is 48.8 Å². The van der Waals surface area contributed by atoms with E-state index in [0.29, 0.717) is 24.0 Å². The zero-order valence-corrected chi connectivity index (χ0v) is 17.2. The van der Waals surface area contributed by atoms with Crippen molar-refractivity contribution in [3.63, 3.8) is 0 Å². The van der Waals surface area contributed by atoms with Gasteiger partial charge in [-0.2, -0.15) is 15.0 Å². The number of aryl methyl sites for hydroxylation is 2. The van der Waals surface area contributed by atoms with Crippen molar-refractivity contribution in [2.75, 3.05) is 6.61 Å². The summed E-state index contributed by atoms with van der Waals surface area (Å²) in [5.74, 6) is 1.04. The number of aromatic nitrogens is 4. The summed E-state index contributed by atoms with van der Waals surface area (Å²) in [4.78, 5) is 21.7. The van der Waals surface area contributed by atoms with Crippen molar-refractivity contribution in [1.82, 2.24) is 24.9 Å². The van der Waals surface area contributed by atoms with Crippen LogP contribution < -0.4 is 4.74 Å². The predicted octanol–water partition coefficient (Wildman–Crippen LogP) is 3.35. The molecule has 1 aromatic carbocycles. The molecule has 0 spiro atoms. The number of hydrogen-bond acceptors (Lipinski definition) is 5. The van der Waals surface area contributed by atoms with Gasteiger partial charge in [-0.15, -0.1) is 0 Å². The van der Waals surface area contributed by atoms with Crippen molar-refractivity contribution in [3.8, 4) is 11.6 Å². The lowest BCUT2D eigenvalue weighted by Gasteiger charge is -2.25. The molecule has 2 aliphatic rings. The Kier molecular flexibility index (Phi) is 4.73. The van der Waals surface area contributed by atoms with Gasteiger partial charge in [0.15, 0.2) is 0 Å². The molecule has 4 heterocycles. The van der Waals surface area contributed by atoms with Crippen molar-refractivity contribution in [2.45, 2.75) is 45.2 Å². The summed E-state index contributed by atoms with van der Waals surface area (Å²) >= 11 is 0. The van der Waals surface area contributed by atoms with E-state index in [1.165, 1.54) is 4.80 Å². The van der Waals surface area contributed by atoms with Gasteiger partial charge < -0.3 is 9.64 Å². The summed E-state index contributed by atoms with van der Waals surface area (Å²) in [7, 11) is 0. The van der Waals surface area contributed by atoms with Crippen LogP contribution >= 0.6 is 0 Å². The number of hydrogen-bond donors (Lipinski definition) is 0. The summed E-state index contributed by atoms with van der Waals surface area (Å²) in [5.41, 5.74) is 3.37. The quantitative estimate of drug-likeness (QED) is 0.653. The molecule has 2 fully saturated rings. The Hall–Kier alpha value is -3.22. The van der Waals surface area contributed by atoms with Gasteiger partial charge in [0.1, 0.15) is 0 Å². The molecule has 7 nitrogen and oxygen atoms in total. The van der Waals surface area contributed by atoms with Crippen LogP contribution in [0.5, 0.6) is 5.88 Å². The Morgan fingerprint density at radius 3 is 2.77 bits per heavy atom. The first-order valence-corrected chi connectivity index (χ1v) is 10.5. The Morgan fingerprint density at radius 1 is 1.13 bits per heavy atom. The van der Waals surface area contributed by atoms with E-state index < -0.39 is 0 Å². The highest BCUT2D eigenvalue weighted by atomic mass is 16.5. The van der Waals surface area contributed by atoms with Crippen molar-refractivity contribution in [1.29, 1.82) is 0 Å². The van der Waals surface area contributed by atoms with E-state index in [9.17, 15) is 4.79 Å². The molecule has 0 radical (unpaired) electrons. The number of ether oxygens (including phenoxy) is 1. The topological polar surface area (TPSA) is 73.1 Å². The second-order valence-corrected chi connectivity index (χ2v) is 8.27. The summed E-state index contributed by atoms with van der Waals surface area (Å²) in [5, 5.41) is 8.46. The van der Waals surface area contributed by atoms with E-state index in [2.05, 4.69) is 20.1 Å². The standard InChI is InChI=1S/C23H25N5O2/c1-15-6-8-21(28-24-10-11-25-28)19(12-15)23(29)27-18-7-9-20(27)17(13-18)14-30-22-5-3-4-16(2)26-22/h3-6,8,10-12,17-18,20H,7,9,13-14H2,1-2H3. The molecule has 2 aromatic heterocycles. The second-order valence-electron chi connectivity index (χ2n) is 8.27. The van der Waals surface area contributed by atoms with Gasteiger partial charge in [-0.05, 0) is 51.3 Å². The zero-order chi connectivity index (χ0) is 20.7. The molecule has 0 N–H and O–H groups in total. The summed E-state index contributed by atoms with van der Waals surface area (Å²) < 4.78 is 5.99. The molecule has 7 heteroatoms. The van der Waals surface area contributed by atoms with Crippen LogP contribution in [-0.4, -0.2) is 49.5 Å². The van der Waals surface area contributed by atoms with Crippen LogP contribution in [0.3, 0.4) is 0 Å². The van der Waals surface area contributed by atoms with Gasteiger partial charge in [-0.1, -0.05) is 17.7 Å². The first-order chi connectivity index (χ1) is 14.6. The second kappa shape index (κ2) is 7.55. The van der Waals surface area contributed by atoms with Crippen LogP contribution in [-0.2, 0) is 0 Å². The molecule has 154 valence electrons. The Balaban J connectivity index is 1.37. The predicted molar refractivity (Wildman–Crippen MR) is 112 cm³/mol. The van der Waals surface area contributed by atoms with Crippen molar-refractivity contribution in [2.24, 2.45) is 5.92 Å². The van der Waals surface area contributed by atoms with Crippen LogP contribution in [0.4, 0.5) is 0 Å². The fourth-order valence-corrected chi connectivity index (χ4v) is 4.87. The fourth-order valence-electron chi connectivity index (χ4n) is 4.87. The molecule has 2 bridgehead atoms. The molecule has 2 aliphatic heterocycles. The van der Waals surface area contributed by atoms with Crippen LogP contribution in [0.1, 0.15) is 40.9 Å². The van der Waals surface area contributed by atoms with Crippen LogP contribution in [0.25, 0.3) is 5.69 Å². The Bertz CT molecular complexity index is 1070. The highest BCUT2D eigenvalue weighted by Crippen LogP contribution is 2.43. The molecule has 0 aliphatic carbocycles. The highest BCUT2D eigenvalue weighted by molar-refractivity contribution is 5.98. The largest absolute Gasteiger partial charge is 0.477 e. The maximum atomic E-state index is 13.6. The van der Waals surface area contributed by atoms with Gasteiger partial charge in [0.2, 0.25) is 5.88 Å². The SMILES string of the molecule is Cc1ccc(-n2nccn2)c(C(=O)N2C3CCC2C(COc2cccc(C)n2)C3)c1. The van der Waals surface area contributed by atoms with E-state index in [0.717, 1.165) is 36.2 Å². The minimum atomic E-state index is 0.0645. The Morgan fingerprint density at radius 2 is 1.97 bits per heavy atom. The highest BCUT2D eigenvalue weighted by Gasteiger charge is 2.49. The first-order valence-electron chi connectivity index (χ1n) is 10.5. The molecule has 3 unspecified atom stereocenters. The number of amides is 1. The maximum absolute atomic E-state index is 13.6. The van der Waals surface area contributed by atoms with Crippen molar-refractivity contribution in [3.05, 3.63) is 65.6 Å². The lowest BCUT2D eigenvalue weighted by Crippen LogP contribution is -2.38. The van der Waals surface area contributed by atoms with Crippen molar-refractivity contribution >= 4 is 5.91 Å². The normalized spacial score (nSPS) is 22.5. The summed E-state index contributed by atoms with van der Waals surface area (Å²) in [6.07, 6.45) is 6.30. The zero-order valence-electron chi connectivity index (χ0n) is 17.2. The molecule has 5 rings (SSSR count). The summed E-state index contributed by atoms with van der Waals surface area (Å²) in [6, 6.07) is 12.1. The lowest BCUT2D eigenvalue weighted by molar-refractivity contribution is 0.0709. The fraction of sp³-hybridized carbons (Fsp3) is 0.391. The molecule has 0 saturated carbocycles. The molecule has 1 amide bonds. The first kappa shape index (κ1) is 18.8. The smallest absolute Gasteiger partial charge is 0.256 e. The number of pyridine rings is 1. The maximum Gasteiger partial charge on any atom is 0.256 e. The van der Waals surface area contributed by atoms with Crippen LogP contribution in [0.2, 0.25) is 0 Å². The van der Waals surface area contributed by atoms with Gasteiger partial charge in [-0.3, -0.25) is 4.79 Å². The van der Waals surface area contributed by atoms with E-state index in [4.69, 9.17) is 4.74 Å². The average Bonchev–Trinajstić information content (AvgIpc) is 3.48. The minimum absolute atomic E-state index is 0.0645. The molecular formula is C23H25N5O2.